The number of hydrogen-bond donors (Lipinski definition) is 1. The average Bonchev–Trinajstić information content (AvgIpc) is 3.53. The van der Waals surface area contributed by atoms with E-state index < -0.39 is 5.97 Å². The average molecular weight is 512 g/mol. The number of carbonyl (C=O) groups excluding carboxylic acids is 2. The lowest BCUT2D eigenvalue weighted by Crippen LogP contribution is -2.43. The highest BCUT2D eigenvalue weighted by molar-refractivity contribution is 6.30. The van der Waals surface area contributed by atoms with Crippen LogP contribution < -0.4 is 10.1 Å². The normalized spacial score (nSPS) is 17.6. The molecule has 1 aromatic heterocycles. The third-order valence-corrected chi connectivity index (χ3v) is 6.42. The van der Waals surface area contributed by atoms with Gasteiger partial charge in [0, 0.05) is 24.7 Å². The molecule has 0 spiro atoms. The molecule has 3 aromatic rings. The first-order valence-electron chi connectivity index (χ1n) is 11.9. The third kappa shape index (κ3) is 6.41. The summed E-state index contributed by atoms with van der Waals surface area (Å²) in [6.07, 6.45) is 2.81. The zero-order valence-electron chi connectivity index (χ0n) is 20.4. The standard InChI is InChI=1S/C26H30ClN5O4/c1-3-36-22-9-7-19(8-10-22)15-31-16-21(32-17-23(29-30-32)26(34)35-2)14-24(31)25(33)28-12-11-18-5-4-6-20(27)13-18/h4-10,13,17,21,24H,3,11-12,14-16H2,1-2H3,(H,28,33)/t21-,24-/m0/s1. The number of aromatic nitrogens is 3. The fourth-order valence-electron chi connectivity index (χ4n) is 4.40. The Morgan fingerprint density at radius 1 is 1.17 bits per heavy atom. The molecule has 2 atom stereocenters. The van der Waals surface area contributed by atoms with Gasteiger partial charge in [-0.15, -0.1) is 5.10 Å². The lowest BCUT2D eigenvalue weighted by molar-refractivity contribution is -0.125. The van der Waals surface area contributed by atoms with Gasteiger partial charge in [0.05, 0.1) is 32.0 Å². The van der Waals surface area contributed by atoms with Gasteiger partial charge in [0.25, 0.3) is 0 Å². The van der Waals surface area contributed by atoms with Gasteiger partial charge in [0.15, 0.2) is 5.69 Å². The van der Waals surface area contributed by atoms with E-state index >= 15 is 0 Å². The molecule has 2 aromatic carbocycles. The molecule has 0 radical (unpaired) electrons. The molecular weight excluding hydrogens is 482 g/mol. The second-order valence-electron chi connectivity index (χ2n) is 8.66. The minimum Gasteiger partial charge on any atom is -0.494 e. The summed E-state index contributed by atoms with van der Waals surface area (Å²) in [7, 11) is 1.30. The lowest BCUT2D eigenvalue weighted by Gasteiger charge is -2.23. The van der Waals surface area contributed by atoms with Crippen LogP contribution in [0.2, 0.25) is 5.02 Å². The van der Waals surface area contributed by atoms with Crippen LogP contribution in [0.3, 0.4) is 0 Å². The van der Waals surface area contributed by atoms with E-state index in [0.29, 0.717) is 44.1 Å². The summed E-state index contributed by atoms with van der Waals surface area (Å²) < 4.78 is 11.9. The third-order valence-electron chi connectivity index (χ3n) is 6.18. The Kier molecular flexibility index (Phi) is 8.56. The topological polar surface area (TPSA) is 98.6 Å². The smallest absolute Gasteiger partial charge is 0.360 e. The fourth-order valence-corrected chi connectivity index (χ4v) is 4.62. The van der Waals surface area contributed by atoms with Gasteiger partial charge in [-0.1, -0.05) is 41.1 Å². The number of halogens is 1. The van der Waals surface area contributed by atoms with Gasteiger partial charge in [-0.05, 0) is 55.2 Å². The molecule has 0 saturated carbocycles. The highest BCUT2D eigenvalue weighted by Gasteiger charge is 2.38. The quantitative estimate of drug-likeness (QED) is 0.417. The van der Waals surface area contributed by atoms with Gasteiger partial charge in [-0.2, -0.15) is 0 Å². The van der Waals surface area contributed by atoms with Crippen LogP contribution in [0.5, 0.6) is 5.75 Å². The van der Waals surface area contributed by atoms with Crippen molar-refractivity contribution in [3.63, 3.8) is 0 Å². The maximum atomic E-state index is 13.3. The first-order chi connectivity index (χ1) is 17.5. The molecule has 190 valence electrons. The number of amides is 1. The predicted molar refractivity (Wildman–Crippen MR) is 135 cm³/mol. The first-order valence-corrected chi connectivity index (χ1v) is 12.3. The van der Waals surface area contributed by atoms with Crippen molar-refractivity contribution in [2.24, 2.45) is 0 Å². The Morgan fingerprint density at radius 3 is 2.69 bits per heavy atom. The SMILES string of the molecule is CCOc1ccc(CN2C[C@@H](n3cc(C(=O)OC)nn3)C[C@H]2C(=O)NCCc2cccc(Cl)c2)cc1. The number of carbonyl (C=O) groups is 2. The van der Waals surface area contributed by atoms with Crippen molar-refractivity contribution in [3.8, 4) is 5.75 Å². The predicted octanol–water partition coefficient (Wildman–Crippen LogP) is 3.29. The van der Waals surface area contributed by atoms with Crippen molar-refractivity contribution in [1.82, 2.24) is 25.2 Å². The lowest BCUT2D eigenvalue weighted by atomic mass is 10.1. The molecule has 2 heterocycles. The number of nitrogens with zero attached hydrogens (tertiary/aromatic N) is 4. The van der Waals surface area contributed by atoms with E-state index in [4.69, 9.17) is 21.1 Å². The Labute approximate surface area is 215 Å². The van der Waals surface area contributed by atoms with Crippen LogP contribution in [0.4, 0.5) is 0 Å². The molecule has 0 aliphatic carbocycles. The molecule has 4 rings (SSSR count). The van der Waals surface area contributed by atoms with E-state index in [1.807, 2.05) is 55.5 Å². The minimum atomic E-state index is -0.541. The highest BCUT2D eigenvalue weighted by Crippen LogP contribution is 2.29. The monoisotopic (exact) mass is 511 g/mol. The summed E-state index contributed by atoms with van der Waals surface area (Å²) in [5.41, 5.74) is 2.28. The van der Waals surface area contributed by atoms with Gasteiger partial charge < -0.3 is 14.8 Å². The molecular formula is C26H30ClN5O4. The summed E-state index contributed by atoms with van der Waals surface area (Å²) in [6, 6.07) is 15.1. The van der Waals surface area contributed by atoms with E-state index in [-0.39, 0.29) is 23.7 Å². The highest BCUT2D eigenvalue weighted by atomic mass is 35.5. The number of ether oxygens (including phenoxy) is 2. The van der Waals surface area contributed by atoms with E-state index in [9.17, 15) is 9.59 Å². The van der Waals surface area contributed by atoms with Crippen LogP contribution in [-0.4, -0.2) is 64.6 Å². The van der Waals surface area contributed by atoms with Crippen LogP contribution in [0.1, 0.15) is 41.0 Å². The van der Waals surface area contributed by atoms with E-state index in [2.05, 4.69) is 20.5 Å². The second-order valence-corrected chi connectivity index (χ2v) is 9.09. The summed E-state index contributed by atoms with van der Waals surface area (Å²) >= 11 is 6.07. The van der Waals surface area contributed by atoms with Crippen molar-refractivity contribution in [3.05, 3.63) is 76.6 Å². The first kappa shape index (κ1) is 25.7. The molecule has 1 saturated heterocycles. The number of methoxy groups -OCH3 is 1. The van der Waals surface area contributed by atoms with Crippen molar-refractivity contribution >= 4 is 23.5 Å². The fraction of sp³-hybridized carbons (Fsp3) is 0.385. The van der Waals surface area contributed by atoms with Crippen molar-refractivity contribution in [2.75, 3.05) is 26.8 Å². The number of likely N-dealkylation sites (tertiary alicyclic amines) is 1. The maximum Gasteiger partial charge on any atom is 0.360 e. The van der Waals surface area contributed by atoms with Crippen LogP contribution in [-0.2, 0) is 22.5 Å². The molecule has 9 nitrogen and oxygen atoms in total. The Balaban J connectivity index is 1.45. The zero-order valence-corrected chi connectivity index (χ0v) is 21.1. The molecule has 1 N–H and O–H groups in total. The number of esters is 1. The maximum absolute atomic E-state index is 13.3. The van der Waals surface area contributed by atoms with Crippen molar-refractivity contribution in [2.45, 2.75) is 38.4 Å². The zero-order chi connectivity index (χ0) is 25.5. The molecule has 0 unspecified atom stereocenters. The molecule has 1 aliphatic rings. The minimum absolute atomic E-state index is 0.0428. The Hall–Kier alpha value is -3.43. The molecule has 0 bridgehead atoms. The van der Waals surface area contributed by atoms with Gasteiger partial charge in [0.2, 0.25) is 5.91 Å². The second kappa shape index (κ2) is 12.0. The van der Waals surface area contributed by atoms with E-state index in [0.717, 1.165) is 16.9 Å². The molecule has 1 fully saturated rings. The summed E-state index contributed by atoms with van der Waals surface area (Å²) in [5, 5.41) is 11.8. The molecule has 1 amide bonds. The van der Waals surface area contributed by atoms with Gasteiger partial charge in [-0.3, -0.25) is 9.69 Å². The summed E-state index contributed by atoms with van der Waals surface area (Å²) in [4.78, 5) is 27.2. The van der Waals surface area contributed by atoms with Crippen LogP contribution in [0.15, 0.2) is 54.7 Å². The van der Waals surface area contributed by atoms with Gasteiger partial charge >= 0.3 is 5.97 Å². The van der Waals surface area contributed by atoms with Gasteiger partial charge in [0.1, 0.15) is 5.75 Å². The van der Waals surface area contributed by atoms with Crippen LogP contribution in [0, 0.1) is 0 Å². The number of rotatable bonds is 10. The number of benzene rings is 2. The van der Waals surface area contributed by atoms with Crippen LogP contribution in [0.25, 0.3) is 0 Å². The number of nitrogens with one attached hydrogen (secondary N) is 1. The Morgan fingerprint density at radius 2 is 1.97 bits per heavy atom. The summed E-state index contributed by atoms with van der Waals surface area (Å²) in [6.45, 7) is 4.24. The van der Waals surface area contributed by atoms with Crippen molar-refractivity contribution in [1.29, 1.82) is 0 Å². The van der Waals surface area contributed by atoms with Crippen molar-refractivity contribution < 1.29 is 19.1 Å². The molecule has 10 heteroatoms. The van der Waals surface area contributed by atoms with E-state index in [1.54, 1.807) is 10.9 Å². The van der Waals surface area contributed by atoms with E-state index in [1.165, 1.54) is 7.11 Å². The van der Waals surface area contributed by atoms with Crippen LogP contribution >= 0.6 is 11.6 Å². The van der Waals surface area contributed by atoms with Gasteiger partial charge in [-0.25, -0.2) is 9.48 Å². The summed E-state index contributed by atoms with van der Waals surface area (Å²) in [5.74, 6) is 0.230. The largest absolute Gasteiger partial charge is 0.494 e. The molecule has 1 aliphatic heterocycles. The molecule has 36 heavy (non-hydrogen) atoms. The number of hydrogen-bond acceptors (Lipinski definition) is 7. The Bertz CT molecular complexity index is 1180.